The summed E-state index contributed by atoms with van der Waals surface area (Å²) >= 11 is 0. The Hall–Kier alpha value is -4.66. The molecule has 0 fully saturated rings. The summed E-state index contributed by atoms with van der Waals surface area (Å²) in [6.07, 6.45) is -0.726. The molecule has 0 bridgehead atoms. The van der Waals surface area contributed by atoms with Crippen molar-refractivity contribution in [2.75, 3.05) is 6.61 Å². The van der Waals surface area contributed by atoms with Gasteiger partial charge in [0.2, 0.25) is 5.82 Å². The molecule has 2 N–H and O–H groups in total. The van der Waals surface area contributed by atoms with Crippen LogP contribution in [0.1, 0.15) is 28.4 Å². The largest absolute Gasteiger partial charge is 0.480 e. The maximum Gasteiger partial charge on any atom is 0.407 e. The average molecular weight is 482 g/mol. The van der Waals surface area contributed by atoms with Crippen molar-refractivity contribution in [2.45, 2.75) is 25.3 Å². The molecule has 180 valence electrons. The minimum absolute atomic E-state index is 0.0556. The molecule has 1 amide bonds. The van der Waals surface area contributed by atoms with Crippen molar-refractivity contribution in [3.8, 4) is 22.5 Å². The summed E-state index contributed by atoms with van der Waals surface area (Å²) < 4.78 is 5.51. The summed E-state index contributed by atoms with van der Waals surface area (Å²) in [5.41, 5.74) is 5.74. The molecule has 0 saturated heterocycles. The zero-order valence-electron chi connectivity index (χ0n) is 19.5. The third-order valence-electron chi connectivity index (χ3n) is 6.14. The van der Waals surface area contributed by atoms with E-state index in [0.717, 1.165) is 22.3 Å². The van der Waals surface area contributed by atoms with E-state index in [1.54, 1.807) is 31.2 Å². The van der Waals surface area contributed by atoms with Gasteiger partial charge in [0.15, 0.2) is 5.82 Å². The zero-order chi connectivity index (χ0) is 25.1. The van der Waals surface area contributed by atoms with E-state index in [0.29, 0.717) is 22.8 Å². The Morgan fingerprint density at radius 3 is 2.19 bits per heavy atom. The van der Waals surface area contributed by atoms with Gasteiger partial charge in [0.25, 0.3) is 0 Å². The maximum absolute atomic E-state index is 12.6. The fourth-order valence-corrected chi connectivity index (χ4v) is 4.45. The fourth-order valence-electron chi connectivity index (χ4n) is 4.45. The van der Waals surface area contributed by atoms with E-state index in [2.05, 4.69) is 37.8 Å². The summed E-state index contributed by atoms with van der Waals surface area (Å²) in [6.45, 7) is 1.79. The highest BCUT2D eigenvalue weighted by Crippen LogP contribution is 2.44. The van der Waals surface area contributed by atoms with Gasteiger partial charge in [-0.3, -0.25) is 0 Å². The number of nitrogens with zero attached hydrogens (tertiary/aromatic N) is 4. The Morgan fingerprint density at radius 2 is 1.56 bits per heavy atom. The Labute approximate surface area is 207 Å². The van der Waals surface area contributed by atoms with E-state index in [4.69, 9.17) is 4.74 Å². The van der Waals surface area contributed by atoms with E-state index in [1.807, 2.05) is 36.4 Å². The van der Waals surface area contributed by atoms with Gasteiger partial charge < -0.3 is 15.2 Å². The van der Waals surface area contributed by atoms with Gasteiger partial charge in [-0.15, -0.1) is 20.4 Å². The molecule has 9 heteroatoms. The molecule has 1 atom stereocenters. The molecule has 1 aromatic heterocycles. The Morgan fingerprint density at radius 1 is 0.917 bits per heavy atom. The van der Waals surface area contributed by atoms with E-state index in [1.165, 1.54) is 0 Å². The SMILES string of the molecule is Cc1nnc(-c2cccc(C[C@@H](NC(=O)OCC3c4ccccc4-c4ccccc43)C(=O)O)c2)nn1. The van der Waals surface area contributed by atoms with E-state index >= 15 is 0 Å². The predicted molar refractivity (Wildman–Crippen MR) is 131 cm³/mol. The number of aryl methyl sites for hydroxylation is 1. The predicted octanol–water partition coefficient (Wildman–Crippen LogP) is 3.78. The van der Waals surface area contributed by atoms with Crippen LogP contribution in [-0.4, -0.2) is 50.2 Å². The number of ether oxygens (including phenoxy) is 1. The molecule has 9 nitrogen and oxygen atoms in total. The van der Waals surface area contributed by atoms with Crippen molar-refractivity contribution in [3.63, 3.8) is 0 Å². The number of aromatic nitrogens is 4. The van der Waals surface area contributed by atoms with Gasteiger partial charge in [-0.05, 0) is 40.8 Å². The van der Waals surface area contributed by atoms with Crippen molar-refractivity contribution in [3.05, 3.63) is 95.3 Å². The molecule has 1 aliphatic rings. The number of hydrogen-bond acceptors (Lipinski definition) is 7. The van der Waals surface area contributed by atoms with Crippen LogP contribution in [0.15, 0.2) is 72.8 Å². The number of amides is 1. The number of carboxylic acid groups (broad SMARTS) is 1. The molecule has 3 aromatic carbocycles. The number of carboxylic acids is 1. The van der Waals surface area contributed by atoms with Crippen LogP contribution in [-0.2, 0) is 16.0 Å². The second-order valence-corrected chi connectivity index (χ2v) is 8.54. The number of carbonyl (C=O) groups excluding carboxylic acids is 1. The molecular formula is C27H23N5O4. The first-order valence-electron chi connectivity index (χ1n) is 11.5. The van der Waals surface area contributed by atoms with Gasteiger partial charge in [-0.25, -0.2) is 9.59 Å². The maximum atomic E-state index is 12.6. The fraction of sp³-hybridized carbons (Fsp3) is 0.185. The van der Waals surface area contributed by atoms with Crippen LogP contribution in [0.25, 0.3) is 22.5 Å². The van der Waals surface area contributed by atoms with Gasteiger partial charge >= 0.3 is 12.1 Å². The summed E-state index contributed by atoms with van der Waals surface area (Å²) in [6, 6.07) is 21.9. The molecule has 1 heterocycles. The third kappa shape index (κ3) is 4.76. The minimum Gasteiger partial charge on any atom is -0.480 e. The second-order valence-electron chi connectivity index (χ2n) is 8.54. The molecule has 5 rings (SSSR count). The van der Waals surface area contributed by atoms with Crippen LogP contribution in [0.3, 0.4) is 0 Å². The number of hydrogen-bond donors (Lipinski definition) is 2. The van der Waals surface area contributed by atoms with Gasteiger partial charge in [0.1, 0.15) is 12.6 Å². The quantitative estimate of drug-likeness (QED) is 0.408. The standard InChI is InChI=1S/C27H23N5O4/c1-16-29-31-25(32-30-16)18-8-6-7-17(13-18)14-24(26(33)34)28-27(35)36-15-23-21-11-4-2-9-19(21)20-10-3-5-12-22(20)23/h2-13,23-24H,14-15H2,1H3,(H,28,35)(H,33,34)/t24-/m1/s1. The number of carbonyl (C=O) groups is 2. The monoisotopic (exact) mass is 481 g/mol. The average Bonchev–Trinajstić information content (AvgIpc) is 3.21. The summed E-state index contributed by atoms with van der Waals surface area (Å²) in [5.74, 6) is -0.490. The van der Waals surface area contributed by atoms with Gasteiger partial charge in [-0.1, -0.05) is 66.7 Å². The number of alkyl carbamates (subject to hydrolysis) is 1. The molecule has 1 aliphatic carbocycles. The van der Waals surface area contributed by atoms with E-state index in [9.17, 15) is 14.7 Å². The van der Waals surface area contributed by atoms with Crippen LogP contribution in [0, 0.1) is 6.92 Å². The molecule has 0 spiro atoms. The first-order valence-corrected chi connectivity index (χ1v) is 11.5. The van der Waals surface area contributed by atoms with Crippen LogP contribution in [0.4, 0.5) is 4.79 Å². The molecule has 0 saturated carbocycles. The number of fused-ring (bicyclic) bond motifs is 3. The Bertz CT molecular complexity index is 1380. The number of benzene rings is 3. The molecule has 4 aromatic rings. The van der Waals surface area contributed by atoms with Crippen molar-refractivity contribution in [1.82, 2.24) is 25.7 Å². The lowest BCUT2D eigenvalue weighted by Gasteiger charge is -2.17. The van der Waals surface area contributed by atoms with Crippen molar-refractivity contribution in [1.29, 1.82) is 0 Å². The van der Waals surface area contributed by atoms with Crippen LogP contribution in [0.2, 0.25) is 0 Å². The minimum atomic E-state index is -1.17. The Kier molecular flexibility index (Phi) is 6.36. The lowest BCUT2D eigenvalue weighted by molar-refractivity contribution is -0.139. The topological polar surface area (TPSA) is 127 Å². The normalized spacial score (nSPS) is 12.9. The third-order valence-corrected chi connectivity index (χ3v) is 6.14. The van der Waals surface area contributed by atoms with Crippen molar-refractivity contribution >= 4 is 12.1 Å². The lowest BCUT2D eigenvalue weighted by Crippen LogP contribution is -2.42. The van der Waals surface area contributed by atoms with Gasteiger partial charge in [-0.2, -0.15) is 0 Å². The molecule has 0 aliphatic heterocycles. The lowest BCUT2D eigenvalue weighted by atomic mass is 9.98. The summed E-state index contributed by atoms with van der Waals surface area (Å²) in [7, 11) is 0. The zero-order valence-corrected chi connectivity index (χ0v) is 19.5. The van der Waals surface area contributed by atoms with Crippen LogP contribution < -0.4 is 5.32 Å². The van der Waals surface area contributed by atoms with Gasteiger partial charge in [0.05, 0.1) is 0 Å². The number of aliphatic carboxylic acids is 1. The molecular weight excluding hydrogens is 458 g/mol. The molecule has 0 radical (unpaired) electrons. The molecule has 0 unspecified atom stereocenters. The van der Waals surface area contributed by atoms with Gasteiger partial charge in [0, 0.05) is 17.9 Å². The number of rotatable bonds is 7. The highest BCUT2D eigenvalue weighted by Gasteiger charge is 2.29. The Balaban J connectivity index is 1.26. The van der Waals surface area contributed by atoms with E-state index < -0.39 is 18.1 Å². The number of nitrogens with one attached hydrogen (secondary N) is 1. The smallest absolute Gasteiger partial charge is 0.407 e. The van der Waals surface area contributed by atoms with Crippen molar-refractivity contribution < 1.29 is 19.4 Å². The first-order chi connectivity index (χ1) is 17.5. The highest BCUT2D eigenvalue weighted by atomic mass is 16.5. The first kappa shape index (κ1) is 23.1. The van der Waals surface area contributed by atoms with E-state index in [-0.39, 0.29) is 18.9 Å². The highest BCUT2D eigenvalue weighted by molar-refractivity contribution is 5.81. The molecule has 36 heavy (non-hydrogen) atoms. The summed E-state index contributed by atoms with van der Waals surface area (Å²) in [5, 5.41) is 28.1. The van der Waals surface area contributed by atoms with Crippen molar-refractivity contribution in [2.24, 2.45) is 0 Å². The van der Waals surface area contributed by atoms with Crippen LogP contribution in [0.5, 0.6) is 0 Å². The second kappa shape index (κ2) is 9.91. The van der Waals surface area contributed by atoms with Crippen LogP contribution >= 0.6 is 0 Å². The summed E-state index contributed by atoms with van der Waals surface area (Å²) in [4.78, 5) is 24.5.